The van der Waals surface area contributed by atoms with E-state index in [1.165, 1.54) is 17.0 Å². The van der Waals surface area contributed by atoms with Gasteiger partial charge in [-0.15, -0.1) is 0 Å². The number of carbonyl (C=O) groups excluding carboxylic acids is 1. The fourth-order valence-corrected chi connectivity index (χ4v) is 2.48. The molecule has 2 aromatic carbocycles. The lowest BCUT2D eigenvalue weighted by Gasteiger charge is -2.10. The van der Waals surface area contributed by atoms with Gasteiger partial charge in [-0.2, -0.15) is 0 Å². The zero-order valence-corrected chi connectivity index (χ0v) is 14.2. The van der Waals surface area contributed by atoms with E-state index >= 15 is 0 Å². The third-order valence-electron chi connectivity index (χ3n) is 3.96. The molecule has 0 aliphatic heterocycles. The third-order valence-corrected chi connectivity index (χ3v) is 3.96. The van der Waals surface area contributed by atoms with Gasteiger partial charge < -0.3 is 5.32 Å². The molecular formula is C20H19N3O2. The molecule has 0 bridgehead atoms. The minimum absolute atomic E-state index is 0.0751. The average Bonchev–Trinajstić information content (AvgIpc) is 2.59. The van der Waals surface area contributed by atoms with E-state index in [1.54, 1.807) is 0 Å². The Labute approximate surface area is 146 Å². The number of amides is 1. The van der Waals surface area contributed by atoms with Crippen LogP contribution >= 0.6 is 0 Å². The molecule has 0 radical (unpaired) electrons. The molecule has 0 saturated heterocycles. The van der Waals surface area contributed by atoms with Crippen LogP contribution in [0.3, 0.4) is 0 Å². The fraction of sp³-hybridized carbons (Fsp3) is 0.150. The number of hydrogen-bond acceptors (Lipinski definition) is 3. The van der Waals surface area contributed by atoms with Gasteiger partial charge in [0.15, 0.2) is 0 Å². The van der Waals surface area contributed by atoms with Crippen LogP contribution in [0.5, 0.6) is 0 Å². The highest BCUT2D eigenvalue weighted by molar-refractivity contribution is 5.91. The van der Waals surface area contributed by atoms with Crippen LogP contribution in [0, 0.1) is 13.8 Å². The van der Waals surface area contributed by atoms with Crippen LogP contribution in [0.2, 0.25) is 0 Å². The van der Waals surface area contributed by atoms with Crippen LogP contribution in [0.25, 0.3) is 11.3 Å². The molecule has 1 N–H and O–H groups in total. The monoisotopic (exact) mass is 333 g/mol. The van der Waals surface area contributed by atoms with Gasteiger partial charge in [-0.05, 0) is 25.5 Å². The molecule has 1 aromatic heterocycles. The van der Waals surface area contributed by atoms with Gasteiger partial charge in [-0.25, -0.2) is 4.98 Å². The summed E-state index contributed by atoms with van der Waals surface area (Å²) in [6.45, 7) is 3.84. The normalized spacial score (nSPS) is 10.5. The van der Waals surface area contributed by atoms with Crippen molar-refractivity contribution in [2.24, 2.45) is 0 Å². The van der Waals surface area contributed by atoms with E-state index in [9.17, 15) is 9.59 Å². The van der Waals surface area contributed by atoms with Crippen LogP contribution < -0.4 is 10.9 Å². The second-order valence-corrected chi connectivity index (χ2v) is 5.97. The summed E-state index contributed by atoms with van der Waals surface area (Å²) in [7, 11) is 0. The Kier molecular flexibility index (Phi) is 4.75. The summed E-state index contributed by atoms with van der Waals surface area (Å²) in [4.78, 5) is 28.8. The van der Waals surface area contributed by atoms with Crippen molar-refractivity contribution in [2.45, 2.75) is 20.4 Å². The molecule has 0 saturated carbocycles. The van der Waals surface area contributed by atoms with Gasteiger partial charge in [0.05, 0.1) is 12.0 Å². The molecule has 0 atom stereocenters. The first kappa shape index (κ1) is 16.6. The summed E-state index contributed by atoms with van der Waals surface area (Å²) < 4.78 is 1.30. The highest BCUT2D eigenvalue weighted by Crippen LogP contribution is 2.15. The molecule has 25 heavy (non-hydrogen) atoms. The zero-order chi connectivity index (χ0) is 17.8. The number of anilines is 1. The molecule has 3 rings (SSSR count). The Morgan fingerprint density at radius 1 is 1.08 bits per heavy atom. The van der Waals surface area contributed by atoms with E-state index in [-0.39, 0.29) is 18.0 Å². The van der Waals surface area contributed by atoms with E-state index in [0.29, 0.717) is 5.69 Å². The topological polar surface area (TPSA) is 64.0 Å². The van der Waals surface area contributed by atoms with Crippen LogP contribution in [0.15, 0.2) is 65.7 Å². The molecule has 5 nitrogen and oxygen atoms in total. The van der Waals surface area contributed by atoms with Crippen LogP contribution in [-0.4, -0.2) is 15.5 Å². The smallest absolute Gasteiger partial charge is 0.254 e. The van der Waals surface area contributed by atoms with Gasteiger partial charge >= 0.3 is 0 Å². The number of para-hydroxylation sites is 1. The number of aromatic nitrogens is 2. The highest BCUT2D eigenvalue weighted by atomic mass is 16.2. The largest absolute Gasteiger partial charge is 0.324 e. The summed E-state index contributed by atoms with van der Waals surface area (Å²) in [5.41, 5.74) is 4.07. The number of nitrogens with one attached hydrogen (secondary N) is 1. The SMILES string of the molecule is Cc1ccc(-c2cc(=O)n(CC(=O)Nc3ccccc3C)cn2)cc1. The second-order valence-electron chi connectivity index (χ2n) is 5.97. The van der Waals surface area contributed by atoms with Crippen molar-refractivity contribution in [3.8, 4) is 11.3 Å². The van der Waals surface area contributed by atoms with Gasteiger partial charge in [0, 0.05) is 17.3 Å². The van der Waals surface area contributed by atoms with Crippen molar-refractivity contribution < 1.29 is 4.79 Å². The van der Waals surface area contributed by atoms with Gasteiger partial charge in [-0.1, -0.05) is 48.0 Å². The Balaban J connectivity index is 1.75. The number of hydrogen-bond donors (Lipinski definition) is 1. The van der Waals surface area contributed by atoms with E-state index in [2.05, 4.69) is 10.3 Å². The standard InChI is InChI=1S/C20H19N3O2/c1-14-7-9-16(10-8-14)18-11-20(25)23(13-21-18)12-19(24)22-17-6-4-3-5-15(17)2/h3-11,13H,12H2,1-2H3,(H,22,24). The van der Waals surface area contributed by atoms with Gasteiger partial charge in [-0.3, -0.25) is 14.2 Å². The lowest BCUT2D eigenvalue weighted by Crippen LogP contribution is -2.27. The molecule has 0 aliphatic carbocycles. The van der Waals surface area contributed by atoms with E-state index < -0.39 is 0 Å². The molecule has 0 spiro atoms. The number of aryl methyl sites for hydroxylation is 2. The fourth-order valence-electron chi connectivity index (χ4n) is 2.48. The van der Waals surface area contributed by atoms with Crippen molar-refractivity contribution in [3.05, 3.63) is 82.4 Å². The van der Waals surface area contributed by atoms with Crippen molar-refractivity contribution >= 4 is 11.6 Å². The first-order chi connectivity index (χ1) is 12.0. The van der Waals surface area contributed by atoms with Crippen molar-refractivity contribution in [1.82, 2.24) is 9.55 Å². The molecule has 126 valence electrons. The van der Waals surface area contributed by atoms with E-state index in [4.69, 9.17) is 0 Å². The first-order valence-corrected chi connectivity index (χ1v) is 8.02. The summed E-state index contributed by atoms with van der Waals surface area (Å²) in [6.07, 6.45) is 1.41. The number of nitrogens with zero attached hydrogens (tertiary/aromatic N) is 2. The summed E-state index contributed by atoms with van der Waals surface area (Å²) >= 11 is 0. The summed E-state index contributed by atoms with van der Waals surface area (Å²) in [6, 6.07) is 16.7. The van der Waals surface area contributed by atoms with E-state index in [1.807, 2.05) is 62.4 Å². The quantitative estimate of drug-likeness (QED) is 0.797. The molecule has 3 aromatic rings. The second kappa shape index (κ2) is 7.13. The Bertz CT molecular complexity index is 959. The Hall–Kier alpha value is -3.21. The molecule has 5 heteroatoms. The lowest BCUT2D eigenvalue weighted by molar-refractivity contribution is -0.116. The van der Waals surface area contributed by atoms with Gasteiger partial charge in [0.1, 0.15) is 6.54 Å². The average molecular weight is 333 g/mol. The minimum atomic E-state index is -0.263. The van der Waals surface area contributed by atoms with Crippen LogP contribution in [-0.2, 0) is 11.3 Å². The molecule has 0 aliphatic rings. The molecule has 1 amide bonds. The van der Waals surface area contributed by atoms with Crippen LogP contribution in [0.1, 0.15) is 11.1 Å². The molecule has 0 fully saturated rings. The maximum absolute atomic E-state index is 12.3. The predicted molar refractivity (Wildman–Crippen MR) is 98.5 cm³/mol. The van der Waals surface area contributed by atoms with Crippen molar-refractivity contribution in [2.75, 3.05) is 5.32 Å². The minimum Gasteiger partial charge on any atom is -0.324 e. The first-order valence-electron chi connectivity index (χ1n) is 8.02. The molecule has 0 unspecified atom stereocenters. The summed E-state index contributed by atoms with van der Waals surface area (Å²) in [5, 5.41) is 2.81. The zero-order valence-electron chi connectivity index (χ0n) is 14.2. The van der Waals surface area contributed by atoms with Crippen molar-refractivity contribution in [3.63, 3.8) is 0 Å². The van der Waals surface area contributed by atoms with E-state index in [0.717, 1.165) is 22.4 Å². The lowest BCUT2D eigenvalue weighted by atomic mass is 10.1. The number of rotatable bonds is 4. The Morgan fingerprint density at radius 3 is 2.48 bits per heavy atom. The molecular weight excluding hydrogens is 314 g/mol. The number of benzene rings is 2. The highest BCUT2D eigenvalue weighted by Gasteiger charge is 2.08. The molecule has 1 heterocycles. The maximum atomic E-state index is 12.3. The van der Waals surface area contributed by atoms with Gasteiger partial charge in [0.25, 0.3) is 5.56 Å². The van der Waals surface area contributed by atoms with Crippen molar-refractivity contribution in [1.29, 1.82) is 0 Å². The third kappa shape index (κ3) is 4.01. The Morgan fingerprint density at radius 2 is 1.80 bits per heavy atom. The summed E-state index contributed by atoms with van der Waals surface area (Å²) in [5.74, 6) is -0.263. The van der Waals surface area contributed by atoms with Gasteiger partial charge in [0.2, 0.25) is 5.91 Å². The maximum Gasteiger partial charge on any atom is 0.254 e. The number of carbonyl (C=O) groups is 1. The predicted octanol–water partition coefficient (Wildman–Crippen LogP) is 3.17. The van der Waals surface area contributed by atoms with Crippen LogP contribution in [0.4, 0.5) is 5.69 Å².